The highest BCUT2D eigenvalue weighted by Crippen LogP contribution is 2.34. The van der Waals surface area contributed by atoms with Gasteiger partial charge in [-0.1, -0.05) is 91.0 Å². The van der Waals surface area contributed by atoms with E-state index in [9.17, 15) is 4.79 Å². The van der Waals surface area contributed by atoms with Crippen molar-refractivity contribution >= 4 is 28.7 Å². The Kier molecular flexibility index (Phi) is 9.72. The highest BCUT2D eigenvalue weighted by atomic mass is 35.5. The van der Waals surface area contributed by atoms with Crippen molar-refractivity contribution in [1.29, 1.82) is 0 Å². The lowest BCUT2D eigenvalue weighted by molar-refractivity contribution is -0.128. The molecule has 0 aliphatic heterocycles. The van der Waals surface area contributed by atoms with E-state index in [0.717, 1.165) is 22.3 Å². The van der Waals surface area contributed by atoms with Crippen LogP contribution < -0.4 is 4.74 Å². The van der Waals surface area contributed by atoms with Crippen LogP contribution in [-0.2, 0) is 4.79 Å². The molecule has 4 heteroatoms. The molecule has 3 aromatic carbocycles. The second kappa shape index (κ2) is 12.9. The number of benzene rings is 3. The SMILES string of the molecule is C=C(/C=C/COc1cccc(Cl)c1)/C(=C(/C(=O)N(C(C)C)C(C)C)c1ccccc1)c1ccccc1. The van der Waals surface area contributed by atoms with Gasteiger partial charge in [0.2, 0.25) is 0 Å². The summed E-state index contributed by atoms with van der Waals surface area (Å²) in [5.74, 6) is 0.677. The molecule has 186 valence electrons. The Hall–Kier alpha value is -3.56. The molecule has 0 N–H and O–H groups in total. The van der Waals surface area contributed by atoms with Crippen molar-refractivity contribution in [3.8, 4) is 5.75 Å². The Morgan fingerprint density at radius 1 is 0.861 bits per heavy atom. The first-order chi connectivity index (χ1) is 17.3. The zero-order valence-electron chi connectivity index (χ0n) is 21.4. The number of hydrogen-bond acceptors (Lipinski definition) is 2. The lowest BCUT2D eigenvalue weighted by Gasteiger charge is -2.33. The monoisotopic (exact) mass is 499 g/mol. The fourth-order valence-corrected chi connectivity index (χ4v) is 4.42. The van der Waals surface area contributed by atoms with Gasteiger partial charge < -0.3 is 9.64 Å². The number of nitrogens with zero attached hydrogens (tertiary/aromatic N) is 1. The standard InChI is InChI=1S/C32H34ClNO2/c1-23(2)34(24(3)4)32(35)31(27-17-10-7-11-18-27)30(26-15-8-6-9-16-26)25(5)14-13-21-36-29-20-12-19-28(33)22-29/h6-20,22-24H,5,21H2,1-4H3/b14-13+,31-30-. The fourth-order valence-electron chi connectivity index (χ4n) is 4.24. The molecule has 0 saturated carbocycles. The molecule has 0 spiro atoms. The maximum absolute atomic E-state index is 14.2. The summed E-state index contributed by atoms with van der Waals surface area (Å²) in [5, 5.41) is 0.626. The fraction of sp³-hybridized carbons (Fsp3) is 0.219. The van der Waals surface area contributed by atoms with Crippen LogP contribution >= 0.6 is 11.6 Å². The van der Waals surface area contributed by atoms with Crippen LogP contribution in [0.2, 0.25) is 5.02 Å². The van der Waals surface area contributed by atoms with Crippen LogP contribution in [0, 0.1) is 0 Å². The van der Waals surface area contributed by atoms with Crippen LogP contribution in [0.15, 0.2) is 109 Å². The normalized spacial score (nSPS) is 12.1. The maximum Gasteiger partial charge on any atom is 0.255 e. The van der Waals surface area contributed by atoms with Crippen molar-refractivity contribution in [2.75, 3.05) is 6.61 Å². The van der Waals surface area contributed by atoms with Crippen LogP contribution in [0.1, 0.15) is 38.8 Å². The van der Waals surface area contributed by atoms with E-state index in [2.05, 4.69) is 6.58 Å². The molecule has 36 heavy (non-hydrogen) atoms. The summed E-state index contributed by atoms with van der Waals surface area (Å²) in [7, 11) is 0. The topological polar surface area (TPSA) is 29.5 Å². The number of rotatable bonds is 10. The smallest absolute Gasteiger partial charge is 0.255 e. The van der Waals surface area contributed by atoms with Crippen molar-refractivity contribution in [2.45, 2.75) is 39.8 Å². The number of carbonyl (C=O) groups is 1. The highest BCUT2D eigenvalue weighted by molar-refractivity contribution is 6.30. The van der Waals surface area contributed by atoms with Gasteiger partial charge in [0.1, 0.15) is 12.4 Å². The van der Waals surface area contributed by atoms with Crippen LogP contribution in [-0.4, -0.2) is 29.5 Å². The van der Waals surface area contributed by atoms with Gasteiger partial charge in [0.15, 0.2) is 0 Å². The summed E-state index contributed by atoms with van der Waals surface area (Å²) in [6.45, 7) is 12.9. The first-order valence-corrected chi connectivity index (χ1v) is 12.6. The van der Waals surface area contributed by atoms with Gasteiger partial charge in [-0.05, 0) is 68.7 Å². The number of allylic oxidation sites excluding steroid dienone is 3. The first-order valence-electron chi connectivity index (χ1n) is 12.2. The van der Waals surface area contributed by atoms with Crippen LogP contribution in [0.4, 0.5) is 0 Å². The maximum atomic E-state index is 14.2. The summed E-state index contributed by atoms with van der Waals surface area (Å²) in [4.78, 5) is 16.1. The summed E-state index contributed by atoms with van der Waals surface area (Å²) in [6.07, 6.45) is 3.82. The number of carbonyl (C=O) groups excluding carboxylic acids is 1. The summed E-state index contributed by atoms with van der Waals surface area (Å²) in [5.41, 5.74) is 3.96. The molecule has 3 nitrogen and oxygen atoms in total. The third-order valence-electron chi connectivity index (χ3n) is 5.72. The summed E-state index contributed by atoms with van der Waals surface area (Å²) in [6, 6.07) is 27.2. The van der Waals surface area contributed by atoms with Gasteiger partial charge in [0, 0.05) is 22.7 Å². The Labute approximate surface area is 220 Å². The quantitative estimate of drug-likeness (QED) is 0.160. The second-order valence-corrected chi connectivity index (χ2v) is 9.51. The predicted molar refractivity (Wildman–Crippen MR) is 152 cm³/mol. The summed E-state index contributed by atoms with van der Waals surface area (Å²) >= 11 is 6.06. The van der Waals surface area contributed by atoms with E-state index in [1.165, 1.54) is 0 Å². The van der Waals surface area contributed by atoms with Crippen LogP contribution in [0.5, 0.6) is 5.75 Å². The van der Waals surface area contributed by atoms with Crippen LogP contribution in [0.3, 0.4) is 0 Å². The average Bonchev–Trinajstić information content (AvgIpc) is 2.85. The second-order valence-electron chi connectivity index (χ2n) is 9.08. The lowest BCUT2D eigenvalue weighted by Crippen LogP contribution is -2.42. The van der Waals surface area contributed by atoms with Gasteiger partial charge in [-0.2, -0.15) is 0 Å². The largest absolute Gasteiger partial charge is 0.489 e. The minimum atomic E-state index is -0.0187. The third kappa shape index (κ3) is 6.99. The first kappa shape index (κ1) is 27.0. The highest BCUT2D eigenvalue weighted by Gasteiger charge is 2.28. The van der Waals surface area contributed by atoms with E-state index in [0.29, 0.717) is 23.0 Å². The van der Waals surface area contributed by atoms with E-state index in [1.807, 2.05) is 124 Å². The van der Waals surface area contributed by atoms with Gasteiger partial charge >= 0.3 is 0 Å². The molecule has 0 radical (unpaired) electrons. The zero-order chi connectivity index (χ0) is 26.1. The van der Waals surface area contributed by atoms with E-state index in [4.69, 9.17) is 16.3 Å². The van der Waals surface area contributed by atoms with E-state index < -0.39 is 0 Å². The Balaban J connectivity index is 2.08. The van der Waals surface area contributed by atoms with Crippen molar-refractivity contribution in [1.82, 2.24) is 4.90 Å². The molecule has 0 saturated heterocycles. The Morgan fingerprint density at radius 3 is 1.94 bits per heavy atom. The van der Waals surface area contributed by atoms with Gasteiger partial charge in [0.25, 0.3) is 5.91 Å². The summed E-state index contributed by atoms with van der Waals surface area (Å²) < 4.78 is 5.81. The van der Waals surface area contributed by atoms with Crippen LogP contribution in [0.25, 0.3) is 11.1 Å². The van der Waals surface area contributed by atoms with E-state index in [1.54, 1.807) is 6.07 Å². The van der Waals surface area contributed by atoms with Gasteiger partial charge in [0.05, 0.1) is 5.57 Å². The number of ether oxygens (including phenoxy) is 1. The molecular formula is C32H34ClNO2. The molecule has 0 atom stereocenters. The molecule has 0 unspecified atom stereocenters. The van der Waals surface area contributed by atoms with E-state index in [-0.39, 0.29) is 18.0 Å². The molecule has 0 aliphatic carbocycles. The Bertz CT molecular complexity index is 1220. The van der Waals surface area contributed by atoms with Crippen molar-refractivity contribution in [3.63, 3.8) is 0 Å². The molecule has 1 amide bonds. The minimum Gasteiger partial charge on any atom is -0.489 e. The predicted octanol–water partition coefficient (Wildman–Crippen LogP) is 8.09. The minimum absolute atomic E-state index is 0.0187. The lowest BCUT2D eigenvalue weighted by atomic mass is 9.88. The third-order valence-corrected chi connectivity index (χ3v) is 5.95. The molecule has 0 aliphatic rings. The molecule has 3 rings (SSSR count). The number of hydrogen-bond donors (Lipinski definition) is 0. The average molecular weight is 500 g/mol. The van der Waals surface area contributed by atoms with Crippen molar-refractivity contribution in [2.24, 2.45) is 0 Å². The van der Waals surface area contributed by atoms with Gasteiger partial charge in [-0.15, -0.1) is 0 Å². The molecule has 0 bridgehead atoms. The number of halogens is 1. The van der Waals surface area contributed by atoms with Gasteiger partial charge in [-0.25, -0.2) is 0 Å². The van der Waals surface area contributed by atoms with Crippen molar-refractivity contribution < 1.29 is 9.53 Å². The van der Waals surface area contributed by atoms with Crippen molar-refractivity contribution in [3.05, 3.63) is 125 Å². The van der Waals surface area contributed by atoms with Gasteiger partial charge in [-0.3, -0.25) is 4.79 Å². The van der Waals surface area contributed by atoms with E-state index >= 15 is 0 Å². The molecule has 0 aromatic heterocycles. The molecular weight excluding hydrogens is 466 g/mol. The molecule has 0 heterocycles. The molecule has 0 fully saturated rings. The number of amides is 1. The zero-order valence-corrected chi connectivity index (χ0v) is 22.2. The Morgan fingerprint density at radius 2 is 1.42 bits per heavy atom. The molecule has 3 aromatic rings.